The molecule has 0 aromatic heterocycles. The van der Waals surface area contributed by atoms with E-state index >= 15 is 0 Å². The molecule has 3 heterocycles. The molecular weight excluding hydrogens is 226 g/mol. The molecule has 3 rings (SSSR count). The second-order valence-corrected chi connectivity index (χ2v) is 4.75. The highest BCUT2D eigenvalue weighted by molar-refractivity contribution is 6.48. The van der Waals surface area contributed by atoms with Crippen molar-refractivity contribution in [2.24, 2.45) is 26.1 Å². The van der Waals surface area contributed by atoms with E-state index in [9.17, 15) is 0 Å². The van der Waals surface area contributed by atoms with Gasteiger partial charge in [-0.2, -0.15) is 10.2 Å². The standard InChI is InChI=1S/C13H15N5/c1-8-4-9(2)16-12-7-15-18-13(11(12)5-8)14-6-10(3)17-18/h4-5,7-8H,6H2,1-3H3. The molecule has 0 amide bonds. The second kappa shape index (κ2) is 4.01. The second-order valence-electron chi connectivity index (χ2n) is 4.75. The Balaban J connectivity index is 2.10. The lowest BCUT2D eigenvalue weighted by atomic mass is 10.0. The molecule has 3 aliphatic rings. The van der Waals surface area contributed by atoms with Gasteiger partial charge in [-0.25, -0.2) is 0 Å². The fraction of sp³-hybridized carbons (Fsp3) is 0.385. The van der Waals surface area contributed by atoms with Crippen molar-refractivity contribution in [1.82, 2.24) is 5.12 Å². The topological polar surface area (TPSA) is 52.7 Å². The summed E-state index contributed by atoms with van der Waals surface area (Å²) in [6, 6.07) is 0. The van der Waals surface area contributed by atoms with Crippen LogP contribution in [0.1, 0.15) is 20.8 Å². The maximum absolute atomic E-state index is 4.56. The third kappa shape index (κ3) is 1.81. The molecule has 0 saturated carbocycles. The van der Waals surface area contributed by atoms with Gasteiger partial charge in [-0.15, -0.1) is 5.12 Å². The van der Waals surface area contributed by atoms with Crippen molar-refractivity contribution in [2.75, 3.05) is 6.54 Å². The van der Waals surface area contributed by atoms with Crippen LogP contribution in [-0.4, -0.2) is 35.1 Å². The van der Waals surface area contributed by atoms with Crippen LogP contribution in [0.25, 0.3) is 0 Å². The third-order valence-electron chi connectivity index (χ3n) is 2.95. The Hall–Kier alpha value is -2.04. The fourth-order valence-corrected chi connectivity index (χ4v) is 2.23. The SMILES string of the molecule is CC1=CC(C)C=C2C(=N1)C=NN1N=C(C)CN=C21. The van der Waals surface area contributed by atoms with Crippen LogP contribution in [0.4, 0.5) is 0 Å². The predicted octanol–water partition coefficient (Wildman–Crippen LogP) is 2.00. The quantitative estimate of drug-likeness (QED) is 0.640. The largest absolute Gasteiger partial charge is 0.258 e. The van der Waals surface area contributed by atoms with Crippen molar-refractivity contribution in [3.63, 3.8) is 0 Å². The highest BCUT2D eigenvalue weighted by atomic mass is 15.7. The first kappa shape index (κ1) is 11.1. The first-order chi connectivity index (χ1) is 8.63. The number of hydrazone groups is 2. The molecule has 92 valence electrons. The summed E-state index contributed by atoms with van der Waals surface area (Å²) in [5.41, 5.74) is 3.88. The number of rotatable bonds is 0. The molecule has 3 aliphatic heterocycles. The monoisotopic (exact) mass is 241 g/mol. The number of allylic oxidation sites excluding steroid dienone is 3. The molecule has 5 heteroatoms. The number of amidine groups is 1. The molecule has 0 bridgehead atoms. The number of aliphatic imine (C=N–C) groups is 2. The van der Waals surface area contributed by atoms with Crippen molar-refractivity contribution in [3.8, 4) is 0 Å². The van der Waals surface area contributed by atoms with Gasteiger partial charge in [-0.3, -0.25) is 9.98 Å². The zero-order chi connectivity index (χ0) is 12.7. The van der Waals surface area contributed by atoms with Crippen molar-refractivity contribution < 1.29 is 0 Å². The summed E-state index contributed by atoms with van der Waals surface area (Å²) < 4.78 is 0. The normalized spacial score (nSPS) is 26.1. The van der Waals surface area contributed by atoms with Gasteiger partial charge in [0, 0.05) is 11.3 Å². The zero-order valence-corrected chi connectivity index (χ0v) is 10.8. The van der Waals surface area contributed by atoms with E-state index in [-0.39, 0.29) is 0 Å². The third-order valence-corrected chi connectivity index (χ3v) is 2.95. The zero-order valence-electron chi connectivity index (χ0n) is 10.8. The molecule has 0 spiro atoms. The molecular formula is C13H15N5. The summed E-state index contributed by atoms with van der Waals surface area (Å²) in [5.74, 6) is 1.14. The minimum Gasteiger partial charge on any atom is -0.258 e. The molecule has 18 heavy (non-hydrogen) atoms. The average Bonchev–Trinajstić information content (AvgIpc) is 2.45. The number of hydrogen-bond donors (Lipinski definition) is 0. The summed E-state index contributed by atoms with van der Waals surface area (Å²) in [7, 11) is 0. The first-order valence-electron chi connectivity index (χ1n) is 6.06. The van der Waals surface area contributed by atoms with Crippen LogP contribution in [0.3, 0.4) is 0 Å². The van der Waals surface area contributed by atoms with Crippen molar-refractivity contribution in [1.29, 1.82) is 0 Å². The lowest BCUT2D eigenvalue weighted by Crippen LogP contribution is -2.36. The van der Waals surface area contributed by atoms with E-state index in [1.165, 1.54) is 0 Å². The molecule has 1 atom stereocenters. The van der Waals surface area contributed by atoms with Crippen LogP contribution >= 0.6 is 0 Å². The van der Waals surface area contributed by atoms with Gasteiger partial charge < -0.3 is 0 Å². The molecule has 0 saturated heterocycles. The minimum absolute atomic E-state index is 0.337. The summed E-state index contributed by atoms with van der Waals surface area (Å²) in [6.07, 6.45) is 6.05. The molecule has 0 fully saturated rings. The average molecular weight is 241 g/mol. The molecule has 5 nitrogen and oxygen atoms in total. The van der Waals surface area contributed by atoms with Gasteiger partial charge in [-0.1, -0.05) is 19.1 Å². The van der Waals surface area contributed by atoms with Crippen LogP contribution < -0.4 is 0 Å². The van der Waals surface area contributed by atoms with Crippen LogP contribution in [0, 0.1) is 5.92 Å². The van der Waals surface area contributed by atoms with Crippen LogP contribution in [0.5, 0.6) is 0 Å². The highest BCUT2D eigenvalue weighted by Crippen LogP contribution is 2.22. The lowest BCUT2D eigenvalue weighted by molar-refractivity contribution is 0.468. The van der Waals surface area contributed by atoms with Gasteiger partial charge in [0.1, 0.15) is 0 Å². The van der Waals surface area contributed by atoms with Crippen LogP contribution in [0.2, 0.25) is 0 Å². The Morgan fingerprint density at radius 1 is 1.28 bits per heavy atom. The van der Waals surface area contributed by atoms with Gasteiger partial charge in [0.05, 0.1) is 24.2 Å². The van der Waals surface area contributed by atoms with Crippen molar-refractivity contribution >= 4 is 23.5 Å². The molecule has 0 aromatic rings. The van der Waals surface area contributed by atoms with Gasteiger partial charge in [0.2, 0.25) is 0 Å². The van der Waals surface area contributed by atoms with Gasteiger partial charge in [-0.05, 0) is 19.8 Å². The predicted molar refractivity (Wildman–Crippen MR) is 74.2 cm³/mol. The van der Waals surface area contributed by atoms with Crippen LogP contribution in [0.15, 0.2) is 43.6 Å². The number of hydrogen-bond acceptors (Lipinski definition) is 5. The Bertz CT molecular complexity index is 574. The molecule has 1 unspecified atom stereocenters. The van der Waals surface area contributed by atoms with E-state index in [1.54, 1.807) is 11.3 Å². The van der Waals surface area contributed by atoms with E-state index < -0.39 is 0 Å². The smallest absolute Gasteiger partial charge is 0.179 e. The first-order valence-corrected chi connectivity index (χ1v) is 6.06. The Labute approximate surface area is 106 Å². The summed E-state index contributed by atoms with van der Waals surface area (Å²) >= 11 is 0. The fourth-order valence-electron chi connectivity index (χ4n) is 2.23. The van der Waals surface area contributed by atoms with Gasteiger partial charge >= 0.3 is 0 Å². The molecule has 0 aliphatic carbocycles. The van der Waals surface area contributed by atoms with E-state index in [2.05, 4.69) is 39.3 Å². The molecule has 0 radical (unpaired) electrons. The van der Waals surface area contributed by atoms with Crippen molar-refractivity contribution in [2.45, 2.75) is 20.8 Å². The summed E-state index contributed by atoms with van der Waals surface area (Å²) in [5, 5.41) is 10.3. The minimum atomic E-state index is 0.337. The maximum Gasteiger partial charge on any atom is 0.179 e. The summed E-state index contributed by atoms with van der Waals surface area (Å²) in [6.45, 7) is 6.73. The lowest BCUT2D eigenvalue weighted by Gasteiger charge is -2.25. The summed E-state index contributed by atoms with van der Waals surface area (Å²) in [4.78, 5) is 9.11. The van der Waals surface area contributed by atoms with Crippen LogP contribution in [-0.2, 0) is 0 Å². The van der Waals surface area contributed by atoms with Gasteiger partial charge in [0.25, 0.3) is 0 Å². The van der Waals surface area contributed by atoms with E-state index in [1.807, 2.05) is 13.8 Å². The van der Waals surface area contributed by atoms with E-state index in [4.69, 9.17) is 0 Å². The highest BCUT2D eigenvalue weighted by Gasteiger charge is 2.27. The van der Waals surface area contributed by atoms with E-state index in [0.29, 0.717) is 12.5 Å². The molecule has 0 N–H and O–H groups in total. The van der Waals surface area contributed by atoms with Gasteiger partial charge in [0.15, 0.2) is 5.84 Å². The van der Waals surface area contributed by atoms with E-state index in [0.717, 1.165) is 28.5 Å². The Kier molecular flexibility index (Phi) is 2.47. The molecule has 0 aromatic carbocycles. The number of fused-ring (bicyclic) bond motifs is 3. The number of nitrogens with zero attached hydrogens (tertiary/aromatic N) is 5. The Morgan fingerprint density at radius 2 is 2.11 bits per heavy atom. The Morgan fingerprint density at radius 3 is 2.94 bits per heavy atom. The maximum atomic E-state index is 4.56. The van der Waals surface area contributed by atoms with Crippen molar-refractivity contribution in [3.05, 3.63) is 23.4 Å².